The van der Waals surface area contributed by atoms with Gasteiger partial charge in [0.2, 0.25) is 5.91 Å². The van der Waals surface area contributed by atoms with Crippen LogP contribution in [0.15, 0.2) is 48.5 Å². The van der Waals surface area contributed by atoms with Crippen molar-refractivity contribution in [3.8, 4) is 11.5 Å². The molecule has 5 nitrogen and oxygen atoms in total. The highest BCUT2D eigenvalue weighted by Crippen LogP contribution is 2.25. The lowest BCUT2D eigenvalue weighted by atomic mass is 10.1. The highest BCUT2D eigenvalue weighted by molar-refractivity contribution is 5.81. The molecule has 0 aliphatic heterocycles. The Bertz CT molecular complexity index is 689. The molecule has 0 aliphatic carbocycles. The number of hydrogen-bond donors (Lipinski definition) is 1. The molecule has 2 aromatic carbocycles. The Morgan fingerprint density at radius 1 is 1.12 bits per heavy atom. The molecule has 0 saturated heterocycles. The zero-order chi connectivity index (χ0) is 18.2. The van der Waals surface area contributed by atoms with E-state index in [0.717, 1.165) is 22.6 Å². The summed E-state index contributed by atoms with van der Waals surface area (Å²) in [6.07, 6.45) is 0. The number of rotatable bonds is 8. The van der Waals surface area contributed by atoms with Crippen LogP contribution in [-0.4, -0.2) is 38.1 Å². The van der Waals surface area contributed by atoms with Crippen LogP contribution >= 0.6 is 0 Å². The third-order valence-corrected chi connectivity index (χ3v) is 4.26. The van der Waals surface area contributed by atoms with E-state index >= 15 is 0 Å². The Hall–Kier alpha value is -2.53. The summed E-state index contributed by atoms with van der Waals surface area (Å²) in [5.41, 5.74) is 2.09. The van der Waals surface area contributed by atoms with E-state index in [0.29, 0.717) is 13.1 Å². The van der Waals surface area contributed by atoms with Gasteiger partial charge in [-0.15, -0.1) is 0 Å². The number of ether oxygens (including phenoxy) is 2. The first-order valence-electron chi connectivity index (χ1n) is 8.28. The van der Waals surface area contributed by atoms with Crippen molar-refractivity contribution in [3.05, 3.63) is 59.7 Å². The molecule has 5 heteroatoms. The number of hydrogen-bond acceptors (Lipinski definition) is 4. The quantitative estimate of drug-likeness (QED) is 0.801. The Kier molecular flexibility index (Phi) is 6.83. The number of nitrogens with one attached hydrogen (secondary N) is 1. The molecule has 0 unspecified atom stereocenters. The third-order valence-electron chi connectivity index (χ3n) is 4.26. The van der Waals surface area contributed by atoms with Crippen molar-refractivity contribution in [1.29, 1.82) is 0 Å². The molecule has 134 valence electrons. The summed E-state index contributed by atoms with van der Waals surface area (Å²) >= 11 is 0. The molecule has 1 amide bonds. The second-order valence-electron chi connectivity index (χ2n) is 5.97. The lowest BCUT2D eigenvalue weighted by Crippen LogP contribution is -2.42. The van der Waals surface area contributed by atoms with Gasteiger partial charge in [-0.25, -0.2) is 0 Å². The van der Waals surface area contributed by atoms with Crippen molar-refractivity contribution in [3.63, 3.8) is 0 Å². The summed E-state index contributed by atoms with van der Waals surface area (Å²) in [7, 11) is 5.18. The van der Waals surface area contributed by atoms with Gasteiger partial charge < -0.3 is 14.8 Å². The van der Waals surface area contributed by atoms with Gasteiger partial charge >= 0.3 is 0 Å². The molecule has 2 aromatic rings. The maximum atomic E-state index is 12.4. The van der Waals surface area contributed by atoms with Crippen LogP contribution in [0.5, 0.6) is 11.5 Å². The van der Waals surface area contributed by atoms with Crippen molar-refractivity contribution in [2.75, 3.05) is 21.3 Å². The van der Waals surface area contributed by atoms with Crippen molar-refractivity contribution in [2.45, 2.75) is 26.1 Å². The standard InChI is InChI=1S/C20H26N2O3/c1-15(20(23)21-13-16-8-6-5-7-9-16)22(2)14-17-10-11-18(24-3)12-19(17)25-4/h5-12,15H,13-14H2,1-4H3,(H,21,23)/t15-/m0/s1. The van der Waals surface area contributed by atoms with Crippen LogP contribution in [0.4, 0.5) is 0 Å². The van der Waals surface area contributed by atoms with E-state index in [-0.39, 0.29) is 11.9 Å². The first-order chi connectivity index (χ1) is 12.0. The van der Waals surface area contributed by atoms with Gasteiger partial charge in [0.05, 0.1) is 20.3 Å². The molecule has 0 aromatic heterocycles. The Balaban J connectivity index is 1.95. The van der Waals surface area contributed by atoms with Crippen molar-refractivity contribution < 1.29 is 14.3 Å². The monoisotopic (exact) mass is 342 g/mol. The Morgan fingerprint density at radius 3 is 2.48 bits per heavy atom. The molecule has 1 N–H and O–H groups in total. The fraction of sp³-hybridized carbons (Fsp3) is 0.350. The van der Waals surface area contributed by atoms with Crippen LogP contribution in [0.1, 0.15) is 18.1 Å². The number of carbonyl (C=O) groups is 1. The minimum atomic E-state index is -0.254. The van der Waals surface area contributed by atoms with Gasteiger partial charge in [0.25, 0.3) is 0 Å². The summed E-state index contributed by atoms with van der Waals surface area (Å²) in [6.45, 7) is 3.03. The van der Waals surface area contributed by atoms with Crippen LogP contribution in [0.25, 0.3) is 0 Å². The Labute approximate surface area is 149 Å². The summed E-state index contributed by atoms with van der Waals surface area (Å²) in [4.78, 5) is 14.4. The summed E-state index contributed by atoms with van der Waals surface area (Å²) in [5, 5.41) is 2.98. The van der Waals surface area contributed by atoms with Gasteiger partial charge in [-0.2, -0.15) is 0 Å². The van der Waals surface area contributed by atoms with Gasteiger partial charge in [0, 0.05) is 24.7 Å². The maximum absolute atomic E-state index is 12.4. The molecule has 0 bridgehead atoms. The first kappa shape index (κ1) is 18.8. The normalized spacial score (nSPS) is 11.9. The number of methoxy groups -OCH3 is 2. The van der Waals surface area contributed by atoms with E-state index in [4.69, 9.17) is 9.47 Å². The molecule has 0 spiro atoms. The number of likely N-dealkylation sites (N-methyl/N-ethyl adjacent to an activating group) is 1. The molecular weight excluding hydrogens is 316 g/mol. The summed E-state index contributed by atoms with van der Waals surface area (Å²) in [6, 6.07) is 15.3. The molecule has 0 fully saturated rings. The molecule has 0 radical (unpaired) electrons. The van der Waals surface area contributed by atoms with Crippen LogP contribution in [0.3, 0.4) is 0 Å². The van der Waals surface area contributed by atoms with E-state index in [1.54, 1.807) is 14.2 Å². The second kappa shape index (κ2) is 9.08. The lowest BCUT2D eigenvalue weighted by Gasteiger charge is -2.25. The molecule has 0 saturated carbocycles. The van der Waals surface area contributed by atoms with Crippen molar-refractivity contribution in [2.24, 2.45) is 0 Å². The van der Waals surface area contributed by atoms with Gasteiger partial charge in [0.1, 0.15) is 11.5 Å². The highest BCUT2D eigenvalue weighted by Gasteiger charge is 2.19. The molecule has 0 aliphatic rings. The van der Waals surface area contributed by atoms with Crippen molar-refractivity contribution in [1.82, 2.24) is 10.2 Å². The summed E-state index contributed by atoms with van der Waals surface area (Å²) < 4.78 is 10.6. The number of benzene rings is 2. The predicted octanol–water partition coefficient (Wildman–Crippen LogP) is 2.84. The Morgan fingerprint density at radius 2 is 1.84 bits per heavy atom. The van der Waals surface area contributed by atoms with E-state index in [1.807, 2.05) is 67.4 Å². The molecular formula is C20H26N2O3. The van der Waals surface area contributed by atoms with E-state index in [2.05, 4.69) is 5.32 Å². The fourth-order valence-corrected chi connectivity index (χ4v) is 2.52. The lowest BCUT2D eigenvalue weighted by molar-refractivity contribution is -0.125. The average molecular weight is 342 g/mol. The van der Waals surface area contributed by atoms with Crippen molar-refractivity contribution >= 4 is 5.91 Å². The first-order valence-corrected chi connectivity index (χ1v) is 8.28. The zero-order valence-electron chi connectivity index (χ0n) is 15.3. The SMILES string of the molecule is COc1ccc(CN(C)[C@@H](C)C(=O)NCc2ccccc2)c(OC)c1. The third kappa shape index (κ3) is 5.22. The minimum Gasteiger partial charge on any atom is -0.497 e. The van der Waals surface area contributed by atoms with Crippen LogP contribution in [0.2, 0.25) is 0 Å². The number of nitrogens with zero attached hydrogens (tertiary/aromatic N) is 1. The van der Waals surface area contributed by atoms with Gasteiger partial charge in [-0.05, 0) is 25.6 Å². The van der Waals surface area contributed by atoms with Gasteiger partial charge in [0.15, 0.2) is 0 Å². The average Bonchev–Trinajstić information content (AvgIpc) is 2.66. The van der Waals surface area contributed by atoms with E-state index in [1.165, 1.54) is 0 Å². The minimum absolute atomic E-state index is 0.00108. The molecule has 2 rings (SSSR count). The van der Waals surface area contributed by atoms with Gasteiger partial charge in [-0.3, -0.25) is 9.69 Å². The number of carbonyl (C=O) groups excluding carboxylic acids is 1. The molecule has 1 atom stereocenters. The van der Waals surface area contributed by atoms with Crippen LogP contribution < -0.4 is 14.8 Å². The number of amides is 1. The van der Waals surface area contributed by atoms with Crippen LogP contribution in [-0.2, 0) is 17.9 Å². The smallest absolute Gasteiger partial charge is 0.237 e. The largest absolute Gasteiger partial charge is 0.497 e. The van der Waals surface area contributed by atoms with Crippen LogP contribution in [0, 0.1) is 0 Å². The second-order valence-corrected chi connectivity index (χ2v) is 5.97. The van der Waals surface area contributed by atoms with Gasteiger partial charge in [-0.1, -0.05) is 36.4 Å². The predicted molar refractivity (Wildman–Crippen MR) is 98.8 cm³/mol. The molecule has 0 heterocycles. The highest BCUT2D eigenvalue weighted by atomic mass is 16.5. The molecule has 25 heavy (non-hydrogen) atoms. The van der Waals surface area contributed by atoms with E-state index in [9.17, 15) is 4.79 Å². The zero-order valence-corrected chi connectivity index (χ0v) is 15.3. The van der Waals surface area contributed by atoms with E-state index < -0.39 is 0 Å². The fourth-order valence-electron chi connectivity index (χ4n) is 2.52. The summed E-state index contributed by atoms with van der Waals surface area (Å²) in [5.74, 6) is 1.50. The topological polar surface area (TPSA) is 50.8 Å². The maximum Gasteiger partial charge on any atom is 0.237 e.